The first-order valence-corrected chi connectivity index (χ1v) is 11.1. The molecule has 1 atom stereocenters. The van der Waals surface area contributed by atoms with Crippen molar-refractivity contribution in [1.29, 1.82) is 0 Å². The van der Waals surface area contributed by atoms with Crippen molar-refractivity contribution in [2.45, 2.75) is 50.6 Å². The van der Waals surface area contributed by atoms with E-state index in [0.29, 0.717) is 6.54 Å². The van der Waals surface area contributed by atoms with Gasteiger partial charge in [-0.25, -0.2) is 4.79 Å². The fourth-order valence-electron chi connectivity index (χ4n) is 4.46. The number of nitrogens with zero attached hydrogens (tertiary/aromatic N) is 1. The Balaban J connectivity index is 1.44. The summed E-state index contributed by atoms with van der Waals surface area (Å²) in [7, 11) is 0. The van der Waals surface area contributed by atoms with Crippen LogP contribution in [0.5, 0.6) is 0 Å². The fraction of sp³-hybridized carbons (Fsp3) is 0.400. The van der Waals surface area contributed by atoms with Gasteiger partial charge in [-0.05, 0) is 41.5 Å². The largest absolute Gasteiger partial charge is 0.481 e. The number of fused-ring (bicyclic) bond motifs is 3. The zero-order valence-electron chi connectivity index (χ0n) is 18.1. The first-order chi connectivity index (χ1) is 15.5. The van der Waals surface area contributed by atoms with Crippen molar-refractivity contribution in [2.24, 2.45) is 0 Å². The molecule has 0 saturated heterocycles. The van der Waals surface area contributed by atoms with Crippen LogP contribution < -0.4 is 5.32 Å². The number of aliphatic carboxylic acids is 1. The summed E-state index contributed by atoms with van der Waals surface area (Å²) >= 11 is 0. The highest BCUT2D eigenvalue weighted by Crippen LogP contribution is 2.44. The van der Waals surface area contributed by atoms with Crippen LogP contribution in [0.3, 0.4) is 0 Å². The van der Waals surface area contributed by atoms with Crippen molar-refractivity contribution in [3.8, 4) is 11.1 Å². The molecular weight excluding hydrogens is 408 g/mol. The van der Waals surface area contributed by atoms with Crippen molar-refractivity contribution in [2.75, 3.05) is 13.2 Å². The number of carbonyl (C=O) groups is 3. The molecule has 0 spiro atoms. The summed E-state index contributed by atoms with van der Waals surface area (Å²) in [6, 6.07) is 15.0. The third kappa shape index (κ3) is 4.61. The summed E-state index contributed by atoms with van der Waals surface area (Å²) in [5, 5.41) is 11.8. The summed E-state index contributed by atoms with van der Waals surface area (Å²) < 4.78 is 5.50. The predicted octanol–water partition coefficient (Wildman–Crippen LogP) is 3.77. The quantitative estimate of drug-likeness (QED) is 0.624. The first kappa shape index (κ1) is 21.9. The molecule has 0 aromatic heterocycles. The third-order valence-electron chi connectivity index (χ3n) is 6.05. The van der Waals surface area contributed by atoms with E-state index in [-0.39, 0.29) is 24.5 Å². The fourth-order valence-corrected chi connectivity index (χ4v) is 4.46. The lowest BCUT2D eigenvalue weighted by molar-refractivity contribution is -0.142. The second-order valence-electron chi connectivity index (χ2n) is 8.38. The molecule has 2 aliphatic rings. The molecule has 2 aliphatic carbocycles. The van der Waals surface area contributed by atoms with Crippen molar-refractivity contribution in [1.82, 2.24) is 10.2 Å². The van der Waals surface area contributed by atoms with Crippen molar-refractivity contribution in [3.05, 3.63) is 59.7 Å². The molecule has 2 aromatic carbocycles. The number of nitrogens with one attached hydrogen (secondary N) is 1. The van der Waals surface area contributed by atoms with Gasteiger partial charge in [0.15, 0.2) is 0 Å². The van der Waals surface area contributed by atoms with Gasteiger partial charge in [-0.3, -0.25) is 9.59 Å². The van der Waals surface area contributed by atoms with Gasteiger partial charge in [0.05, 0.1) is 6.42 Å². The molecule has 0 radical (unpaired) electrons. The van der Waals surface area contributed by atoms with Crippen molar-refractivity contribution in [3.63, 3.8) is 0 Å². The molecule has 2 N–H and O–H groups in total. The van der Waals surface area contributed by atoms with E-state index < -0.39 is 24.5 Å². The topological polar surface area (TPSA) is 95.9 Å². The second-order valence-corrected chi connectivity index (χ2v) is 8.38. The zero-order valence-corrected chi connectivity index (χ0v) is 18.1. The van der Waals surface area contributed by atoms with Gasteiger partial charge in [-0.1, -0.05) is 55.5 Å². The van der Waals surface area contributed by atoms with E-state index in [0.717, 1.165) is 41.5 Å². The predicted molar refractivity (Wildman–Crippen MR) is 119 cm³/mol. The van der Waals surface area contributed by atoms with Crippen molar-refractivity contribution < 1.29 is 24.2 Å². The van der Waals surface area contributed by atoms with E-state index >= 15 is 0 Å². The summed E-state index contributed by atoms with van der Waals surface area (Å²) in [6.45, 7) is 2.62. The van der Waals surface area contributed by atoms with Gasteiger partial charge in [-0.15, -0.1) is 0 Å². The van der Waals surface area contributed by atoms with Crippen LogP contribution in [-0.2, 0) is 14.3 Å². The average molecular weight is 437 g/mol. The molecular formula is C25H28N2O5. The number of carbonyl (C=O) groups excluding carboxylic acids is 2. The Bertz CT molecular complexity index is 971. The van der Waals surface area contributed by atoms with Crippen LogP contribution in [0.4, 0.5) is 4.79 Å². The van der Waals surface area contributed by atoms with Crippen LogP contribution in [-0.4, -0.2) is 53.2 Å². The maximum absolute atomic E-state index is 13.0. The Morgan fingerprint density at radius 1 is 1.06 bits per heavy atom. The van der Waals surface area contributed by atoms with Gasteiger partial charge < -0.3 is 20.1 Å². The van der Waals surface area contributed by atoms with Gasteiger partial charge >= 0.3 is 12.1 Å². The third-order valence-corrected chi connectivity index (χ3v) is 6.05. The molecule has 32 heavy (non-hydrogen) atoms. The smallest absolute Gasteiger partial charge is 0.407 e. The van der Waals surface area contributed by atoms with Crippen LogP contribution in [0.1, 0.15) is 49.7 Å². The molecule has 7 heteroatoms. The minimum atomic E-state index is -1.14. The summed E-state index contributed by atoms with van der Waals surface area (Å²) in [4.78, 5) is 38.6. The molecule has 1 saturated carbocycles. The van der Waals surface area contributed by atoms with Gasteiger partial charge in [0.2, 0.25) is 5.91 Å². The van der Waals surface area contributed by atoms with E-state index in [2.05, 4.69) is 17.4 Å². The Kier molecular flexibility index (Phi) is 6.44. The van der Waals surface area contributed by atoms with Crippen LogP contribution in [0.2, 0.25) is 0 Å². The SMILES string of the molecule is CCCN(C(=O)C(CC(=O)O)NC(=O)OCC1c2ccccc2-c2ccccc21)C1CC1. The highest BCUT2D eigenvalue weighted by Gasteiger charge is 2.37. The number of hydrogen-bond acceptors (Lipinski definition) is 4. The summed E-state index contributed by atoms with van der Waals surface area (Å²) in [6.07, 6.45) is 1.34. The summed E-state index contributed by atoms with van der Waals surface area (Å²) in [5.41, 5.74) is 4.41. The molecule has 4 rings (SSSR count). The van der Waals surface area contributed by atoms with Gasteiger partial charge in [0, 0.05) is 18.5 Å². The van der Waals surface area contributed by atoms with Crippen LogP contribution >= 0.6 is 0 Å². The Labute approximate surface area is 187 Å². The normalized spacial score (nSPS) is 15.4. The van der Waals surface area contributed by atoms with Gasteiger partial charge in [0.25, 0.3) is 0 Å². The summed E-state index contributed by atoms with van der Waals surface area (Å²) in [5.74, 6) is -1.61. The molecule has 2 aromatic rings. The van der Waals surface area contributed by atoms with Gasteiger partial charge in [-0.2, -0.15) is 0 Å². The number of carboxylic acids is 1. The minimum absolute atomic E-state index is 0.106. The standard InChI is InChI=1S/C25H28N2O5/c1-2-13-27(16-11-12-16)24(30)22(14-23(28)29)26-25(31)32-15-21-19-9-5-3-7-17(19)18-8-4-6-10-20(18)21/h3-10,16,21-22H,2,11-15H2,1H3,(H,26,31)(H,28,29). The lowest BCUT2D eigenvalue weighted by atomic mass is 9.98. The van der Waals surface area contributed by atoms with Crippen LogP contribution in [0.15, 0.2) is 48.5 Å². The lowest BCUT2D eigenvalue weighted by Gasteiger charge is -2.27. The average Bonchev–Trinajstić information content (AvgIpc) is 3.57. The molecule has 168 valence electrons. The number of rotatable bonds is 9. The van der Waals surface area contributed by atoms with E-state index in [9.17, 15) is 19.5 Å². The molecule has 1 fully saturated rings. The zero-order chi connectivity index (χ0) is 22.7. The molecule has 1 unspecified atom stereocenters. The van der Waals surface area contributed by atoms with E-state index in [4.69, 9.17) is 4.74 Å². The van der Waals surface area contributed by atoms with Crippen LogP contribution in [0.25, 0.3) is 11.1 Å². The molecule has 0 bridgehead atoms. The molecule has 7 nitrogen and oxygen atoms in total. The number of ether oxygens (including phenoxy) is 1. The van der Waals surface area contributed by atoms with Crippen molar-refractivity contribution >= 4 is 18.0 Å². The molecule has 0 aliphatic heterocycles. The monoisotopic (exact) mass is 436 g/mol. The number of amides is 2. The van der Waals surface area contributed by atoms with E-state index in [1.165, 1.54) is 0 Å². The lowest BCUT2D eigenvalue weighted by Crippen LogP contribution is -2.50. The molecule has 0 heterocycles. The number of benzene rings is 2. The first-order valence-electron chi connectivity index (χ1n) is 11.1. The van der Waals surface area contributed by atoms with E-state index in [1.807, 2.05) is 43.3 Å². The Morgan fingerprint density at radius 3 is 2.19 bits per heavy atom. The number of hydrogen-bond donors (Lipinski definition) is 2. The number of carboxylic acid groups (broad SMARTS) is 1. The van der Waals surface area contributed by atoms with Gasteiger partial charge in [0.1, 0.15) is 12.6 Å². The maximum atomic E-state index is 13.0. The maximum Gasteiger partial charge on any atom is 0.407 e. The van der Waals surface area contributed by atoms with E-state index in [1.54, 1.807) is 4.90 Å². The Hall–Kier alpha value is -3.35. The number of alkyl carbamates (subject to hydrolysis) is 1. The minimum Gasteiger partial charge on any atom is -0.481 e. The second kappa shape index (κ2) is 9.42. The van der Waals surface area contributed by atoms with Crippen LogP contribution in [0, 0.1) is 0 Å². The molecule has 2 amide bonds. The highest BCUT2D eigenvalue weighted by atomic mass is 16.5. The Morgan fingerprint density at radius 2 is 1.66 bits per heavy atom. The highest BCUT2D eigenvalue weighted by molar-refractivity contribution is 5.89.